The van der Waals surface area contributed by atoms with E-state index >= 15 is 0 Å². The molecular weight excluding hydrogens is 288 g/mol. The molecule has 0 radical (unpaired) electrons. The van der Waals surface area contributed by atoms with Gasteiger partial charge in [-0.15, -0.1) is 0 Å². The molecule has 0 aromatic heterocycles. The van der Waals surface area contributed by atoms with Crippen LogP contribution in [-0.2, 0) is 23.7 Å². The summed E-state index contributed by atoms with van der Waals surface area (Å²) in [6.07, 6.45) is 5.51. The fourth-order valence-corrected chi connectivity index (χ4v) is 3.43. The van der Waals surface area contributed by atoms with E-state index in [0.29, 0.717) is 12.0 Å². The highest BCUT2D eigenvalue weighted by Gasteiger charge is 2.49. The molecule has 0 saturated carbocycles. The van der Waals surface area contributed by atoms with Crippen molar-refractivity contribution in [3.63, 3.8) is 0 Å². The number of epoxide rings is 4. The predicted octanol–water partition coefficient (Wildman–Crippen LogP) is 1.14. The third kappa shape index (κ3) is 3.68. The van der Waals surface area contributed by atoms with Gasteiger partial charge in [-0.2, -0.15) is 0 Å². The maximum absolute atomic E-state index is 12.0. The number of rotatable bonds is 10. The number of hydrogen-bond acceptors (Lipinski definition) is 5. The molecule has 0 amide bonds. The molecule has 4 unspecified atom stereocenters. The highest BCUT2D eigenvalue weighted by molar-refractivity contribution is 5.88. The molecule has 0 bridgehead atoms. The summed E-state index contributed by atoms with van der Waals surface area (Å²) >= 11 is 0. The van der Waals surface area contributed by atoms with Crippen LogP contribution in [0.5, 0.6) is 0 Å². The van der Waals surface area contributed by atoms with Gasteiger partial charge < -0.3 is 24.1 Å². The summed E-state index contributed by atoms with van der Waals surface area (Å²) in [6.45, 7) is 2.94. The fraction of sp³-hybridized carbons (Fsp3) is 0.812. The molecule has 0 aromatic carbocycles. The van der Waals surface area contributed by atoms with Crippen LogP contribution in [0.3, 0.4) is 0 Å². The summed E-state index contributed by atoms with van der Waals surface area (Å²) in [5.74, 6) is -0.831. The van der Waals surface area contributed by atoms with Crippen LogP contribution < -0.4 is 0 Å². The monoisotopic (exact) mass is 310 g/mol. The number of carboxylic acid groups (broad SMARTS) is 1. The van der Waals surface area contributed by atoms with Crippen LogP contribution in [0.4, 0.5) is 0 Å². The second kappa shape index (κ2) is 5.60. The van der Waals surface area contributed by atoms with Gasteiger partial charge in [0, 0.05) is 11.0 Å². The molecule has 4 heterocycles. The maximum atomic E-state index is 12.0. The maximum Gasteiger partial charge on any atom is 0.331 e. The Hall–Kier alpha value is -0.950. The van der Waals surface area contributed by atoms with Crippen molar-refractivity contribution in [2.24, 2.45) is 5.41 Å². The van der Waals surface area contributed by atoms with Crippen molar-refractivity contribution in [2.75, 3.05) is 26.4 Å². The fourth-order valence-electron chi connectivity index (χ4n) is 3.43. The lowest BCUT2D eigenvalue weighted by Gasteiger charge is -2.34. The van der Waals surface area contributed by atoms with E-state index in [0.717, 1.165) is 45.7 Å². The van der Waals surface area contributed by atoms with E-state index < -0.39 is 11.4 Å². The Kier molecular flexibility index (Phi) is 3.72. The number of carboxylic acids is 1. The molecule has 4 fully saturated rings. The smallest absolute Gasteiger partial charge is 0.331 e. The van der Waals surface area contributed by atoms with E-state index in [1.165, 1.54) is 0 Å². The van der Waals surface area contributed by atoms with Crippen molar-refractivity contribution in [1.82, 2.24) is 0 Å². The Balaban J connectivity index is 1.60. The van der Waals surface area contributed by atoms with Gasteiger partial charge in [0.25, 0.3) is 0 Å². The van der Waals surface area contributed by atoms with Crippen LogP contribution in [0.25, 0.3) is 0 Å². The van der Waals surface area contributed by atoms with Gasteiger partial charge in [-0.3, -0.25) is 0 Å². The van der Waals surface area contributed by atoms with Crippen LogP contribution >= 0.6 is 0 Å². The van der Waals surface area contributed by atoms with Gasteiger partial charge in [0.15, 0.2) is 0 Å². The largest absolute Gasteiger partial charge is 0.478 e. The van der Waals surface area contributed by atoms with E-state index in [9.17, 15) is 9.90 Å². The Labute approximate surface area is 129 Å². The lowest BCUT2D eigenvalue weighted by molar-refractivity contribution is -0.134. The van der Waals surface area contributed by atoms with Gasteiger partial charge in [-0.25, -0.2) is 4.79 Å². The van der Waals surface area contributed by atoms with E-state index in [4.69, 9.17) is 18.9 Å². The number of ether oxygens (including phenoxy) is 4. The van der Waals surface area contributed by atoms with E-state index in [2.05, 4.69) is 0 Å². The van der Waals surface area contributed by atoms with Gasteiger partial charge in [0.05, 0.1) is 50.8 Å². The third-order valence-corrected chi connectivity index (χ3v) is 4.85. The standard InChI is InChI=1S/C16H22O6/c17-15(18)14(2-1-10-6-19-10)16(3-11-7-20-11,4-12-8-21-12)5-13-9-22-13/h2,10-13H,1,3-9H2,(H,17,18). The average molecular weight is 310 g/mol. The normalized spacial score (nSPS) is 38.3. The topological polar surface area (TPSA) is 87.4 Å². The van der Waals surface area contributed by atoms with Crippen molar-refractivity contribution in [3.05, 3.63) is 11.6 Å². The molecule has 6 nitrogen and oxygen atoms in total. The van der Waals surface area contributed by atoms with E-state index in [-0.39, 0.29) is 24.4 Å². The molecule has 0 aromatic rings. The zero-order valence-electron chi connectivity index (χ0n) is 12.5. The molecule has 4 rings (SSSR count). The molecule has 4 saturated heterocycles. The second-order valence-electron chi connectivity index (χ2n) is 6.87. The minimum absolute atomic E-state index is 0.178. The van der Waals surface area contributed by atoms with Gasteiger partial charge in [-0.05, 0) is 25.7 Å². The summed E-state index contributed by atoms with van der Waals surface area (Å²) in [6, 6.07) is 0. The lowest BCUT2D eigenvalue weighted by atomic mass is 9.69. The Bertz CT molecular complexity index is 435. The van der Waals surface area contributed by atoms with Crippen LogP contribution in [0.15, 0.2) is 11.6 Å². The zero-order chi connectivity index (χ0) is 15.2. The van der Waals surface area contributed by atoms with Crippen molar-refractivity contribution >= 4 is 5.97 Å². The third-order valence-electron chi connectivity index (χ3n) is 4.85. The summed E-state index contributed by atoms with van der Waals surface area (Å²) in [5.41, 5.74) is 0.0917. The molecular formula is C16H22O6. The Morgan fingerprint density at radius 1 is 0.909 bits per heavy atom. The molecule has 1 N–H and O–H groups in total. The number of carbonyl (C=O) groups is 1. The van der Waals surface area contributed by atoms with Crippen LogP contribution in [0, 0.1) is 5.41 Å². The second-order valence-corrected chi connectivity index (χ2v) is 6.87. The number of aliphatic carboxylic acids is 1. The van der Waals surface area contributed by atoms with Gasteiger partial charge >= 0.3 is 5.97 Å². The predicted molar refractivity (Wildman–Crippen MR) is 75.6 cm³/mol. The molecule has 22 heavy (non-hydrogen) atoms. The summed E-state index contributed by atoms with van der Waals surface area (Å²) in [4.78, 5) is 12.0. The first-order chi connectivity index (χ1) is 10.6. The van der Waals surface area contributed by atoms with Crippen molar-refractivity contribution < 1.29 is 28.8 Å². The lowest BCUT2D eigenvalue weighted by Crippen LogP contribution is -2.33. The Morgan fingerprint density at radius 3 is 1.64 bits per heavy atom. The highest BCUT2D eigenvalue weighted by atomic mass is 16.6. The van der Waals surface area contributed by atoms with Crippen molar-refractivity contribution in [2.45, 2.75) is 50.1 Å². The van der Waals surface area contributed by atoms with Crippen molar-refractivity contribution in [3.8, 4) is 0 Å². The number of hydrogen-bond donors (Lipinski definition) is 1. The van der Waals surface area contributed by atoms with Gasteiger partial charge in [-0.1, -0.05) is 6.08 Å². The molecule has 122 valence electrons. The van der Waals surface area contributed by atoms with E-state index in [1.807, 2.05) is 6.08 Å². The summed E-state index contributed by atoms with van der Waals surface area (Å²) in [7, 11) is 0. The summed E-state index contributed by atoms with van der Waals surface area (Å²) < 4.78 is 21.4. The van der Waals surface area contributed by atoms with Gasteiger partial charge in [0.1, 0.15) is 0 Å². The minimum Gasteiger partial charge on any atom is -0.478 e. The van der Waals surface area contributed by atoms with Crippen LogP contribution in [0.2, 0.25) is 0 Å². The van der Waals surface area contributed by atoms with E-state index in [1.54, 1.807) is 0 Å². The average Bonchev–Trinajstić information content (AvgIpc) is 3.31. The molecule has 4 atom stereocenters. The molecule has 0 spiro atoms. The SMILES string of the molecule is O=C(O)C(=CCC1CO1)C(CC1CO1)(CC1CO1)CC1CO1. The zero-order valence-corrected chi connectivity index (χ0v) is 12.5. The van der Waals surface area contributed by atoms with Crippen LogP contribution in [-0.4, -0.2) is 61.9 Å². The molecule has 0 aliphatic carbocycles. The minimum atomic E-state index is -0.831. The van der Waals surface area contributed by atoms with Crippen LogP contribution in [0.1, 0.15) is 25.7 Å². The quantitative estimate of drug-likeness (QED) is 0.481. The molecule has 4 aliphatic heterocycles. The first-order valence-corrected chi connectivity index (χ1v) is 8.05. The molecule has 4 aliphatic rings. The first kappa shape index (κ1) is 14.6. The Morgan fingerprint density at radius 2 is 1.32 bits per heavy atom. The first-order valence-electron chi connectivity index (χ1n) is 8.05. The van der Waals surface area contributed by atoms with Gasteiger partial charge in [0.2, 0.25) is 0 Å². The summed E-state index contributed by atoms with van der Waals surface area (Å²) in [5, 5.41) is 9.81. The van der Waals surface area contributed by atoms with Crippen molar-refractivity contribution in [1.29, 1.82) is 0 Å². The highest BCUT2D eigenvalue weighted by Crippen LogP contribution is 2.49. The molecule has 6 heteroatoms.